The molecule has 0 spiro atoms. The number of pyridine rings is 1. The van der Waals surface area contributed by atoms with Gasteiger partial charge in [0.15, 0.2) is 5.90 Å². The van der Waals surface area contributed by atoms with Crippen LogP contribution in [0.3, 0.4) is 0 Å². The first-order valence-electron chi connectivity index (χ1n) is 13.1. The number of carbonyl (C=O) groups is 1. The molecule has 41 heavy (non-hydrogen) atoms. The van der Waals surface area contributed by atoms with E-state index < -0.39 is 18.0 Å². The first-order chi connectivity index (χ1) is 19.6. The molecule has 2 aromatic rings. The van der Waals surface area contributed by atoms with Crippen LogP contribution in [0.1, 0.15) is 71.4 Å². The van der Waals surface area contributed by atoms with Crippen LogP contribution in [0.4, 0.5) is 8.78 Å². The van der Waals surface area contributed by atoms with E-state index in [2.05, 4.69) is 26.5 Å². The molecular formula is C28H41F2N7O3S. The second kappa shape index (κ2) is 17.5. The number of aromatic amines is 1. The van der Waals surface area contributed by atoms with E-state index in [9.17, 15) is 13.6 Å². The zero-order valence-electron chi connectivity index (χ0n) is 24.4. The molecule has 1 saturated carbocycles. The Bertz CT molecular complexity index is 1300. The molecule has 13 heteroatoms. The maximum Gasteiger partial charge on any atom is 0.296 e. The fourth-order valence-corrected chi connectivity index (χ4v) is 3.42. The third kappa shape index (κ3) is 10.7. The van der Waals surface area contributed by atoms with Gasteiger partial charge in [0.05, 0.1) is 13.3 Å². The normalized spacial score (nSPS) is 13.3. The number of nitrogens with one attached hydrogen (secondary N) is 4. The molecule has 3 heterocycles. The smallest absolute Gasteiger partial charge is 0.296 e. The van der Waals surface area contributed by atoms with E-state index in [1.54, 1.807) is 11.5 Å². The number of H-pyrrole nitrogens is 1. The maximum atomic E-state index is 13.1. The number of alkyl halides is 2. The Labute approximate surface area is 245 Å². The van der Waals surface area contributed by atoms with Crippen molar-refractivity contribution in [1.29, 1.82) is 10.8 Å². The quantitative estimate of drug-likeness (QED) is 0.170. The third-order valence-electron chi connectivity index (χ3n) is 5.22. The van der Waals surface area contributed by atoms with Crippen LogP contribution in [0.2, 0.25) is 0 Å². The number of dihydropyridines is 1. The first-order valence-corrected chi connectivity index (χ1v) is 13.9. The van der Waals surface area contributed by atoms with Gasteiger partial charge in [-0.05, 0) is 30.6 Å². The van der Waals surface area contributed by atoms with Gasteiger partial charge in [-0.2, -0.15) is 0 Å². The SMILES string of the molecule is C(#CC1CC1)c1c[nH]s1.CC.CC.COc1cnc(C(F)F)cc1C1=C(C(N)=O)CNC(N(C)C(=N)OC(C)=N)=C1.[HH]. The molecule has 0 bridgehead atoms. The molecule has 2 aliphatic rings. The summed E-state index contributed by atoms with van der Waals surface area (Å²) < 4.78 is 39.4. The number of ether oxygens (including phenoxy) is 2. The molecule has 1 amide bonds. The Kier molecular flexibility index (Phi) is 14.9. The van der Waals surface area contributed by atoms with Crippen LogP contribution in [0.15, 0.2) is 35.9 Å². The molecule has 1 aliphatic carbocycles. The van der Waals surface area contributed by atoms with Crippen molar-refractivity contribution in [1.82, 2.24) is 19.6 Å². The average Bonchev–Trinajstić information content (AvgIpc) is 3.77. The number of primary amides is 1. The maximum absolute atomic E-state index is 13.1. The molecule has 1 fully saturated rings. The van der Waals surface area contributed by atoms with Crippen molar-refractivity contribution in [2.24, 2.45) is 11.7 Å². The molecule has 10 nitrogen and oxygen atoms in total. The van der Waals surface area contributed by atoms with Crippen LogP contribution in [-0.2, 0) is 9.53 Å². The first kappa shape index (κ1) is 34.8. The fourth-order valence-electron chi connectivity index (χ4n) is 3.08. The fraction of sp³-hybridized carbons (Fsp3) is 0.429. The van der Waals surface area contributed by atoms with E-state index in [0.29, 0.717) is 5.82 Å². The molecule has 226 valence electrons. The highest BCUT2D eigenvalue weighted by Crippen LogP contribution is 2.34. The van der Waals surface area contributed by atoms with Crippen molar-refractivity contribution in [2.45, 2.75) is 53.9 Å². The number of rotatable bonds is 5. The number of carbonyl (C=O) groups excluding carboxylic acids is 1. The Morgan fingerprint density at radius 3 is 2.39 bits per heavy atom. The van der Waals surface area contributed by atoms with Gasteiger partial charge in [0.1, 0.15) is 22.1 Å². The Hall–Kier alpha value is -4.18. The largest absolute Gasteiger partial charge is 0.494 e. The van der Waals surface area contributed by atoms with E-state index in [1.165, 1.54) is 49.8 Å². The van der Waals surface area contributed by atoms with Crippen molar-refractivity contribution in [3.63, 3.8) is 0 Å². The Morgan fingerprint density at radius 1 is 1.29 bits per heavy atom. The summed E-state index contributed by atoms with van der Waals surface area (Å²) in [6.07, 6.45) is 4.38. The zero-order valence-corrected chi connectivity index (χ0v) is 25.3. The highest BCUT2D eigenvalue weighted by molar-refractivity contribution is 7.07. The number of hydrogen-bond acceptors (Lipinski definition) is 8. The van der Waals surface area contributed by atoms with Crippen LogP contribution >= 0.6 is 11.5 Å². The highest BCUT2D eigenvalue weighted by atomic mass is 32.1. The van der Waals surface area contributed by atoms with Gasteiger partial charge in [-0.1, -0.05) is 51.1 Å². The minimum Gasteiger partial charge on any atom is -0.494 e. The Balaban J connectivity index is 0.000000994. The number of aromatic nitrogens is 2. The standard InChI is InChI=1S/C17H20F2N6O3.C7H7NS.2C2H6.H2/c1-8(20)28-17(22)25(2)14-5-9(11(6-24-14)16(21)26)10-4-12(15(18)19)23-7-13(10)27-3;1-2-6(1)3-4-7-5-8-9-7;2*1-2;/h4-5,7,15,20,22,24H,6H2,1-3H3,(H2,21,26);5-6,8H,1-2H2;2*1-2H3;1H. The third-order valence-corrected chi connectivity index (χ3v) is 5.90. The van der Waals surface area contributed by atoms with Gasteiger partial charge in [0.25, 0.3) is 12.4 Å². The molecule has 0 radical (unpaired) electrons. The van der Waals surface area contributed by atoms with E-state index >= 15 is 0 Å². The zero-order chi connectivity index (χ0) is 31.1. The van der Waals surface area contributed by atoms with Gasteiger partial charge in [0.2, 0.25) is 5.91 Å². The van der Waals surface area contributed by atoms with E-state index in [1.807, 2.05) is 33.9 Å². The minimum atomic E-state index is -2.81. The summed E-state index contributed by atoms with van der Waals surface area (Å²) in [5.41, 5.74) is 5.59. The summed E-state index contributed by atoms with van der Waals surface area (Å²) in [5, 5.41) is 18.1. The predicted molar refractivity (Wildman–Crippen MR) is 161 cm³/mol. The minimum absolute atomic E-state index is 0. The van der Waals surface area contributed by atoms with E-state index in [4.69, 9.17) is 26.0 Å². The van der Waals surface area contributed by atoms with Crippen LogP contribution in [0, 0.1) is 28.6 Å². The van der Waals surface area contributed by atoms with Crippen molar-refractivity contribution in [3.05, 3.63) is 52.1 Å². The van der Waals surface area contributed by atoms with Crippen LogP contribution < -0.4 is 15.8 Å². The summed E-state index contributed by atoms with van der Waals surface area (Å²) >= 11 is 1.61. The van der Waals surface area contributed by atoms with Crippen LogP contribution in [0.5, 0.6) is 5.75 Å². The molecule has 1 aliphatic heterocycles. The number of nitrogens with two attached hydrogens (primary N) is 1. The number of halogens is 2. The lowest BCUT2D eigenvalue weighted by molar-refractivity contribution is -0.114. The second-order valence-electron chi connectivity index (χ2n) is 8.04. The summed E-state index contributed by atoms with van der Waals surface area (Å²) in [6.45, 7) is 9.36. The van der Waals surface area contributed by atoms with Crippen molar-refractivity contribution >= 4 is 34.9 Å². The van der Waals surface area contributed by atoms with Crippen molar-refractivity contribution in [2.75, 3.05) is 20.7 Å². The van der Waals surface area contributed by atoms with Crippen molar-refractivity contribution in [3.8, 4) is 17.6 Å². The summed E-state index contributed by atoms with van der Waals surface area (Å²) in [6, 6.07) is 0.785. The molecule has 0 aromatic carbocycles. The van der Waals surface area contributed by atoms with Crippen LogP contribution in [0.25, 0.3) is 5.57 Å². The van der Waals surface area contributed by atoms with Gasteiger partial charge in [-0.25, -0.2) is 8.78 Å². The lowest BCUT2D eigenvalue weighted by atomic mass is 9.96. The molecule has 6 N–H and O–H groups in total. The highest BCUT2D eigenvalue weighted by Gasteiger charge is 2.25. The van der Waals surface area contributed by atoms with E-state index in [-0.39, 0.29) is 42.3 Å². The summed E-state index contributed by atoms with van der Waals surface area (Å²) in [7, 11) is 2.85. The number of methoxy groups -OCH3 is 1. The van der Waals surface area contributed by atoms with Gasteiger partial charge in [0, 0.05) is 45.2 Å². The Morgan fingerprint density at radius 2 is 1.93 bits per heavy atom. The molecule has 0 saturated heterocycles. The number of amides is 1. The number of amidine groups is 1. The summed E-state index contributed by atoms with van der Waals surface area (Å²) in [4.78, 5) is 18.0. The van der Waals surface area contributed by atoms with Crippen molar-refractivity contribution < 1.29 is 24.5 Å². The molecule has 4 rings (SSSR count). The van der Waals surface area contributed by atoms with E-state index in [0.717, 1.165) is 18.2 Å². The van der Waals surface area contributed by atoms with Gasteiger partial charge >= 0.3 is 0 Å². The molecule has 0 unspecified atom stereocenters. The van der Waals surface area contributed by atoms with Gasteiger partial charge in [-0.3, -0.25) is 25.5 Å². The molecule has 0 atom stereocenters. The molecular weight excluding hydrogens is 552 g/mol. The summed E-state index contributed by atoms with van der Waals surface area (Å²) in [5.74, 6) is 6.60. The second-order valence-corrected chi connectivity index (χ2v) is 8.92. The van der Waals surface area contributed by atoms with Gasteiger partial charge in [-0.15, -0.1) is 0 Å². The average molecular weight is 594 g/mol. The predicted octanol–water partition coefficient (Wildman–Crippen LogP) is 5.73. The van der Waals surface area contributed by atoms with Gasteiger partial charge < -0.3 is 24.9 Å². The number of nitrogens with zero attached hydrogens (tertiary/aromatic N) is 2. The van der Waals surface area contributed by atoms with Crippen LogP contribution in [-0.4, -0.2) is 52.8 Å². The number of hydrogen-bond donors (Lipinski definition) is 5. The lowest BCUT2D eigenvalue weighted by Crippen LogP contribution is -2.39. The molecule has 2 aromatic heterocycles. The topological polar surface area (TPSA) is 153 Å². The monoisotopic (exact) mass is 593 g/mol. The number of allylic oxidation sites excluding steroid dienone is 2. The lowest BCUT2D eigenvalue weighted by Gasteiger charge is -2.28.